The number of nitrogens with zero attached hydrogens (tertiary/aromatic N) is 1. The highest BCUT2D eigenvalue weighted by Crippen LogP contribution is 2.23. The van der Waals surface area contributed by atoms with Crippen LogP contribution < -0.4 is 0 Å². The third-order valence-corrected chi connectivity index (χ3v) is 2.85. The quantitative estimate of drug-likeness (QED) is 0.759. The molecule has 0 aliphatic carbocycles. The van der Waals surface area contributed by atoms with Gasteiger partial charge in [0.2, 0.25) is 0 Å². The van der Waals surface area contributed by atoms with Gasteiger partial charge in [0.05, 0.1) is 0 Å². The molecule has 0 fully saturated rings. The first-order valence-corrected chi connectivity index (χ1v) is 6.43. The first-order chi connectivity index (χ1) is 8.77. The fourth-order valence-corrected chi connectivity index (χ4v) is 1.90. The fourth-order valence-electron chi connectivity index (χ4n) is 1.90. The number of allylic oxidation sites excluding steroid dienone is 1. The van der Waals surface area contributed by atoms with Crippen LogP contribution in [-0.4, -0.2) is 4.98 Å². The summed E-state index contributed by atoms with van der Waals surface area (Å²) in [5.41, 5.74) is 3.72. The van der Waals surface area contributed by atoms with Gasteiger partial charge >= 0.3 is 0 Å². The smallest absolute Gasteiger partial charge is 0.0346 e. The lowest BCUT2D eigenvalue weighted by atomic mass is 9.96. The molecule has 1 nitrogen and oxygen atoms in total. The zero-order valence-corrected chi connectivity index (χ0v) is 11.0. The second-order valence-electron chi connectivity index (χ2n) is 4.86. The van der Waals surface area contributed by atoms with Crippen molar-refractivity contribution in [2.75, 3.05) is 0 Å². The minimum Gasteiger partial charge on any atom is -0.264 e. The zero-order valence-electron chi connectivity index (χ0n) is 11.0. The van der Waals surface area contributed by atoms with Crippen LogP contribution in [0.15, 0.2) is 60.9 Å². The van der Waals surface area contributed by atoms with Crippen LogP contribution in [0.3, 0.4) is 0 Å². The van der Waals surface area contributed by atoms with Crippen LogP contribution >= 0.6 is 0 Å². The van der Waals surface area contributed by atoms with Crippen LogP contribution in [0.1, 0.15) is 31.4 Å². The van der Waals surface area contributed by atoms with Crippen molar-refractivity contribution in [2.45, 2.75) is 20.3 Å². The Hall–Kier alpha value is -1.89. The Labute approximate surface area is 109 Å². The van der Waals surface area contributed by atoms with Crippen molar-refractivity contribution in [3.05, 3.63) is 72.1 Å². The maximum absolute atomic E-state index is 4.22. The van der Waals surface area contributed by atoms with Gasteiger partial charge in [-0.25, -0.2) is 0 Å². The molecule has 2 rings (SSSR count). The second kappa shape index (κ2) is 6.15. The first-order valence-electron chi connectivity index (χ1n) is 6.43. The maximum atomic E-state index is 4.22. The highest BCUT2D eigenvalue weighted by molar-refractivity contribution is 5.79. The van der Waals surface area contributed by atoms with Gasteiger partial charge in [-0.1, -0.05) is 56.3 Å². The van der Waals surface area contributed by atoms with E-state index in [1.165, 1.54) is 16.7 Å². The Morgan fingerprint density at radius 1 is 1.06 bits per heavy atom. The summed E-state index contributed by atoms with van der Waals surface area (Å²) in [6, 6.07) is 14.6. The summed E-state index contributed by atoms with van der Waals surface area (Å²) < 4.78 is 0. The summed E-state index contributed by atoms with van der Waals surface area (Å²) in [4.78, 5) is 4.22. The monoisotopic (exact) mass is 237 g/mol. The van der Waals surface area contributed by atoms with Gasteiger partial charge in [-0.2, -0.15) is 0 Å². The molecule has 92 valence electrons. The van der Waals surface area contributed by atoms with E-state index in [1.54, 1.807) is 0 Å². The van der Waals surface area contributed by atoms with Crippen LogP contribution in [0.25, 0.3) is 5.57 Å². The minimum absolute atomic E-state index is 0.667. The lowest BCUT2D eigenvalue weighted by molar-refractivity contribution is 0.664. The summed E-state index contributed by atoms with van der Waals surface area (Å²) in [6.07, 6.45) is 7.14. The van der Waals surface area contributed by atoms with Crippen molar-refractivity contribution in [1.82, 2.24) is 4.98 Å². The van der Waals surface area contributed by atoms with Crippen LogP contribution in [0.5, 0.6) is 0 Å². The summed E-state index contributed by atoms with van der Waals surface area (Å²) in [5.74, 6) is 0.667. The third-order valence-electron chi connectivity index (χ3n) is 2.85. The first kappa shape index (κ1) is 12.6. The van der Waals surface area contributed by atoms with Crippen molar-refractivity contribution in [2.24, 2.45) is 5.92 Å². The molecule has 1 heterocycles. The average molecular weight is 237 g/mol. The lowest BCUT2D eigenvalue weighted by Gasteiger charge is -2.09. The van der Waals surface area contributed by atoms with Gasteiger partial charge in [-0.3, -0.25) is 4.98 Å². The SMILES string of the molecule is CC(C)CC=C(c1ccccc1)c1cccnc1. The van der Waals surface area contributed by atoms with Gasteiger partial charge in [0, 0.05) is 18.0 Å². The van der Waals surface area contributed by atoms with E-state index in [4.69, 9.17) is 0 Å². The van der Waals surface area contributed by atoms with E-state index in [-0.39, 0.29) is 0 Å². The number of benzene rings is 1. The van der Waals surface area contributed by atoms with Crippen LogP contribution in [0.2, 0.25) is 0 Å². The molecule has 0 aliphatic rings. The minimum atomic E-state index is 0.667. The Bertz CT molecular complexity index is 456. The average Bonchev–Trinajstić information content (AvgIpc) is 2.41. The normalized spacial score (nSPS) is 11.8. The van der Waals surface area contributed by atoms with Crippen molar-refractivity contribution in [3.63, 3.8) is 0 Å². The van der Waals surface area contributed by atoms with Crippen LogP contribution in [-0.2, 0) is 0 Å². The van der Waals surface area contributed by atoms with Crippen molar-refractivity contribution >= 4 is 5.57 Å². The third kappa shape index (κ3) is 3.30. The number of hydrogen-bond donors (Lipinski definition) is 0. The molecule has 1 aromatic carbocycles. The highest BCUT2D eigenvalue weighted by Gasteiger charge is 2.04. The molecule has 18 heavy (non-hydrogen) atoms. The van der Waals surface area contributed by atoms with E-state index >= 15 is 0 Å². The Morgan fingerprint density at radius 3 is 2.39 bits per heavy atom. The van der Waals surface area contributed by atoms with Gasteiger partial charge in [0.1, 0.15) is 0 Å². The molecular weight excluding hydrogens is 218 g/mol. The molecule has 0 saturated heterocycles. The molecule has 2 aromatic rings. The second-order valence-corrected chi connectivity index (χ2v) is 4.86. The molecule has 0 atom stereocenters. The van der Waals surface area contributed by atoms with E-state index in [9.17, 15) is 0 Å². The molecule has 1 heteroatoms. The number of hydrogen-bond acceptors (Lipinski definition) is 1. The molecule has 0 N–H and O–H groups in total. The van der Waals surface area contributed by atoms with E-state index in [1.807, 2.05) is 24.5 Å². The van der Waals surface area contributed by atoms with Gasteiger partial charge in [0.25, 0.3) is 0 Å². The zero-order chi connectivity index (χ0) is 12.8. The molecule has 0 saturated carbocycles. The van der Waals surface area contributed by atoms with E-state index < -0.39 is 0 Å². The predicted octanol–water partition coefficient (Wildman–Crippen LogP) is 4.56. The van der Waals surface area contributed by atoms with Crippen molar-refractivity contribution in [1.29, 1.82) is 0 Å². The largest absolute Gasteiger partial charge is 0.264 e. The Kier molecular flexibility index (Phi) is 4.30. The molecule has 1 aromatic heterocycles. The highest BCUT2D eigenvalue weighted by atomic mass is 14.6. The summed E-state index contributed by atoms with van der Waals surface area (Å²) in [5, 5.41) is 0. The Morgan fingerprint density at radius 2 is 1.78 bits per heavy atom. The van der Waals surface area contributed by atoms with E-state index in [0.29, 0.717) is 5.92 Å². The van der Waals surface area contributed by atoms with Crippen molar-refractivity contribution in [3.8, 4) is 0 Å². The van der Waals surface area contributed by atoms with Gasteiger partial charge in [0.15, 0.2) is 0 Å². The molecule has 0 aliphatic heterocycles. The van der Waals surface area contributed by atoms with Crippen LogP contribution in [0.4, 0.5) is 0 Å². The summed E-state index contributed by atoms with van der Waals surface area (Å²) in [6.45, 7) is 4.48. The van der Waals surface area contributed by atoms with Crippen LogP contribution in [0, 0.1) is 5.92 Å². The van der Waals surface area contributed by atoms with Gasteiger partial charge in [-0.15, -0.1) is 0 Å². The number of pyridine rings is 1. The Balaban J connectivity index is 2.39. The topological polar surface area (TPSA) is 12.9 Å². The van der Waals surface area contributed by atoms with Gasteiger partial charge in [-0.05, 0) is 29.5 Å². The summed E-state index contributed by atoms with van der Waals surface area (Å²) in [7, 11) is 0. The number of aromatic nitrogens is 1. The van der Waals surface area contributed by atoms with E-state index in [2.05, 4.69) is 55.2 Å². The van der Waals surface area contributed by atoms with Gasteiger partial charge < -0.3 is 0 Å². The molecule has 0 amide bonds. The van der Waals surface area contributed by atoms with Crippen molar-refractivity contribution < 1.29 is 0 Å². The standard InChI is InChI=1S/C17H19N/c1-14(2)10-11-17(15-7-4-3-5-8-15)16-9-6-12-18-13-16/h3-9,11-14H,10H2,1-2H3. The maximum Gasteiger partial charge on any atom is 0.0346 e. The number of rotatable bonds is 4. The molecule has 0 unspecified atom stereocenters. The fraction of sp³-hybridized carbons (Fsp3) is 0.235. The van der Waals surface area contributed by atoms with E-state index in [0.717, 1.165) is 6.42 Å². The molecule has 0 radical (unpaired) electrons. The molecule has 0 bridgehead atoms. The molecule has 0 spiro atoms. The predicted molar refractivity (Wildman–Crippen MR) is 77.2 cm³/mol. The lowest BCUT2D eigenvalue weighted by Crippen LogP contribution is -1.91. The molecular formula is C17H19N. The summed E-state index contributed by atoms with van der Waals surface area (Å²) >= 11 is 0.